The zero-order valence-electron chi connectivity index (χ0n) is 30.0. The molecule has 0 bridgehead atoms. The third kappa shape index (κ3) is 6.02. The van der Waals surface area contributed by atoms with Crippen LogP contribution in [0.2, 0.25) is 0 Å². The SMILES string of the molecule is C=C/C=C\C(=C/C)c1cc(/C(C=C)=C/C=C\C)cc(-n2c3cc(-c4nc(C=C)c(C=C)s4)cc4c3c3c(cc(-c5nc6ccccc6s5)cc32)CC4)c1. The van der Waals surface area contributed by atoms with Gasteiger partial charge in [-0.3, -0.25) is 0 Å². The molecule has 7 aromatic rings. The monoisotopic (exact) mass is 721 g/mol. The first-order valence-electron chi connectivity index (χ1n) is 17.8. The number of hydrogen-bond acceptors (Lipinski definition) is 4. The fraction of sp³-hybridized carbons (Fsp3) is 0.0833. The fourth-order valence-electron chi connectivity index (χ4n) is 7.46. The van der Waals surface area contributed by atoms with Crippen molar-refractivity contribution in [3.63, 3.8) is 0 Å². The number of rotatable bonds is 11. The van der Waals surface area contributed by atoms with Gasteiger partial charge in [-0.05, 0) is 127 Å². The first kappa shape index (κ1) is 34.2. The van der Waals surface area contributed by atoms with Gasteiger partial charge in [0, 0.05) is 27.6 Å². The molecule has 0 atom stereocenters. The summed E-state index contributed by atoms with van der Waals surface area (Å²) >= 11 is 3.41. The quantitative estimate of drug-likeness (QED) is 0.125. The van der Waals surface area contributed by atoms with E-state index >= 15 is 0 Å². The zero-order chi connectivity index (χ0) is 36.6. The van der Waals surface area contributed by atoms with E-state index in [0.29, 0.717) is 0 Å². The van der Waals surface area contributed by atoms with Crippen LogP contribution in [-0.4, -0.2) is 14.5 Å². The number of hydrogen-bond donors (Lipinski definition) is 0. The molecule has 1 aliphatic carbocycles. The Bertz CT molecular complexity index is 2710. The highest BCUT2D eigenvalue weighted by Gasteiger charge is 2.25. The molecule has 0 spiro atoms. The average Bonchev–Trinajstić information content (AvgIpc) is 3.91. The van der Waals surface area contributed by atoms with Crippen LogP contribution in [0, 0.1) is 0 Å². The second-order valence-electron chi connectivity index (χ2n) is 13.0. The highest BCUT2D eigenvalue weighted by atomic mass is 32.1. The van der Waals surface area contributed by atoms with E-state index < -0.39 is 0 Å². The molecule has 0 N–H and O–H groups in total. The van der Waals surface area contributed by atoms with Gasteiger partial charge in [0.25, 0.3) is 0 Å². The summed E-state index contributed by atoms with van der Waals surface area (Å²) in [6.45, 7) is 20.3. The summed E-state index contributed by atoms with van der Waals surface area (Å²) < 4.78 is 3.66. The minimum atomic E-state index is 0.866. The van der Waals surface area contributed by atoms with Crippen molar-refractivity contribution in [2.24, 2.45) is 0 Å². The van der Waals surface area contributed by atoms with Crippen molar-refractivity contribution in [3.8, 4) is 26.8 Å². The molecule has 53 heavy (non-hydrogen) atoms. The van der Waals surface area contributed by atoms with Gasteiger partial charge in [0.1, 0.15) is 10.0 Å². The molecule has 3 nitrogen and oxygen atoms in total. The van der Waals surface area contributed by atoms with Crippen LogP contribution < -0.4 is 0 Å². The lowest BCUT2D eigenvalue weighted by Crippen LogP contribution is -1.99. The molecule has 0 radical (unpaired) electrons. The van der Waals surface area contributed by atoms with E-state index in [9.17, 15) is 0 Å². The maximum Gasteiger partial charge on any atom is 0.124 e. The normalized spacial score (nSPS) is 13.3. The van der Waals surface area contributed by atoms with Gasteiger partial charge < -0.3 is 4.57 Å². The standard InChI is InChI=1S/C48H39N3S2/c1-7-13-17-30(9-3)34-25-35(31(10-4)18-14-8-2)27-38(26-34)51-41-28-36(47-49-39(11-5)43(12-6)52-47)23-32-21-22-33-24-37(29-42(51)46(33)45(32)41)48-50-40-19-15-16-20-44(40)53-48/h7-20,23-29H,1,4-6,21-22H2,2-3H3/b14-8-,17-13-,30-9+,31-18+. The van der Waals surface area contributed by atoms with Crippen LogP contribution in [-0.2, 0) is 12.8 Å². The molecule has 3 aromatic heterocycles. The van der Waals surface area contributed by atoms with Crippen molar-refractivity contribution in [2.45, 2.75) is 26.7 Å². The predicted octanol–water partition coefficient (Wildman–Crippen LogP) is 13.9. The highest BCUT2D eigenvalue weighted by molar-refractivity contribution is 7.21. The van der Waals surface area contributed by atoms with Crippen LogP contribution in [0.15, 0.2) is 142 Å². The molecule has 8 rings (SSSR count). The molecule has 258 valence electrons. The Labute approximate surface area is 319 Å². The lowest BCUT2D eigenvalue weighted by atomic mass is 9.89. The van der Waals surface area contributed by atoms with Crippen LogP contribution in [0.1, 0.15) is 46.7 Å². The number of para-hydroxylation sites is 1. The van der Waals surface area contributed by atoms with Crippen molar-refractivity contribution < 1.29 is 0 Å². The Balaban J connectivity index is 1.49. The summed E-state index contributed by atoms with van der Waals surface area (Å²) in [5, 5.41) is 4.62. The number of allylic oxidation sites excluding steroid dienone is 10. The van der Waals surface area contributed by atoms with Crippen LogP contribution in [0.5, 0.6) is 0 Å². The van der Waals surface area contributed by atoms with Crippen molar-refractivity contribution >= 4 is 78.0 Å². The van der Waals surface area contributed by atoms with Gasteiger partial charge in [0.2, 0.25) is 0 Å². The van der Waals surface area contributed by atoms with E-state index in [2.05, 4.69) is 129 Å². The third-order valence-electron chi connectivity index (χ3n) is 9.90. The lowest BCUT2D eigenvalue weighted by molar-refractivity contribution is 0.970. The Morgan fingerprint density at radius 3 is 2.00 bits per heavy atom. The van der Waals surface area contributed by atoms with Gasteiger partial charge in [-0.2, -0.15) is 0 Å². The number of aryl methyl sites for hydroxylation is 2. The van der Waals surface area contributed by atoms with Crippen LogP contribution in [0.4, 0.5) is 0 Å². The molecule has 4 aromatic carbocycles. The second kappa shape index (κ2) is 14.3. The summed E-state index contributed by atoms with van der Waals surface area (Å²) in [5.74, 6) is 0. The minimum absolute atomic E-state index is 0.866. The predicted molar refractivity (Wildman–Crippen MR) is 234 cm³/mol. The van der Waals surface area contributed by atoms with Crippen LogP contribution in [0.25, 0.3) is 82.2 Å². The number of thiazole rings is 2. The van der Waals surface area contributed by atoms with E-state index in [4.69, 9.17) is 9.97 Å². The number of fused-ring (bicyclic) bond motifs is 1. The van der Waals surface area contributed by atoms with Gasteiger partial charge in [0.05, 0.1) is 31.8 Å². The molecule has 0 saturated carbocycles. The molecule has 1 aliphatic rings. The fourth-order valence-corrected chi connectivity index (χ4v) is 9.32. The Kier molecular flexibility index (Phi) is 9.21. The summed E-state index contributed by atoms with van der Waals surface area (Å²) in [5.41, 5.74) is 14.6. The summed E-state index contributed by atoms with van der Waals surface area (Å²) in [6.07, 6.45) is 21.9. The maximum absolute atomic E-state index is 5.11. The van der Waals surface area contributed by atoms with Crippen molar-refractivity contribution in [2.75, 3.05) is 0 Å². The van der Waals surface area contributed by atoms with Crippen LogP contribution in [0.3, 0.4) is 0 Å². The third-order valence-corrected chi connectivity index (χ3v) is 12.1. The van der Waals surface area contributed by atoms with Gasteiger partial charge >= 0.3 is 0 Å². The topological polar surface area (TPSA) is 30.7 Å². The Morgan fingerprint density at radius 1 is 0.736 bits per heavy atom. The maximum atomic E-state index is 5.11. The first-order valence-corrected chi connectivity index (χ1v) is 19.4. The highest BCUT2D eigenvalue weighted by Crippen LogP contribution is 2.45. The summed E-state index contributed by atoms with van der Waals surface area (Å²) in [7, 11) is 0. The molecule has 0 saturated heterocycles. The minimum Gasteiger partial charge on any atom is -0.309 e. The van der Waals surface area contributed by atoms with Crippen molar-refractivity contribution in [1.29, 1.82) is 0 Å². The lowest BCUT2D eigenvalue weighted by Gasteiger charge is -2.15. The average molecular weight is 722 g/mol. The van der Waals surface area contributed by atoms with Gasteiger partial charge in [0.15, 0.2) is 0 Å². The Morgan fingerprint density at radius 2 is 1.42 bits per heavy atom. The van der Waals surface area contributed by atoms with E-state index in [1.54, 1.807) is 22.7 Å². The van der Waals surface area contributed by atoms with Crippen molar-refractivity contribution in [1.82, 2.24) is 14.5 Å². The van der Waals surface area contributed by atoms with Gasteiger partial charge in [-0.15, -0.1) is 22.7 Å². The molecular weight excluding hydrogens is 683 g/mol. The van der Waals surface area contributed by atoms with Crippen LogP contribution >= 0.6 is 22.7 Å². The van der Waals surface area contributed by atoms with Crippen molar-refractivity contribution in [3.05, 3.63) is 174 Å². The van der Waals surface area contributed by atoms with Gasteiger partial charge in [-0.25, -0.2) is 9.97 Å². The number of aromatic nitrogens is 3. The van der Waals surface area contributed by atoms with E-state index in [1.807, 2.05) is 43.4 Å². The first-order chi connectivity index (χ1) is 26.0. The smallest absolute Gasteiger partial charge is 0.124 e. The van der Waals surface area contributed by atoms with E-state index in [-0.39, 0.29) is 0 Å². The second-order valence-corrected chi connectivity index (χ2v) is 15.1. The molecule has 5 heteroatoms. The molecular formula is C48H39N3S2. The number of benzene rings is 4. The Hall–Kier alpha value is -5.88. The zero-order valence-corrected chi connectivity index (χ0v) is 31.7. The summed E-state index contributed by atoms with van der Waals surface area (Å²) in [6, 6.07) is 24.7. The van der Waals surface area contributed by atoms with Gasteiger partial charge in [-0.1, -0.05) is 87.1 Å². The molecule has 0 aliphatic heterocycles. The summed E-state index contributed by atoms with van der Waals surface area (Å²) in [4.78, 5) is 11.2. The van der Waals surface area contributed by atoms with E-state index in [0.717, 1.165) is 83.5 Å². The largest absolute Gasteiger partial charge is 0.309 e. The molecule has 3 heterocycles. The molecule has 0 amide bonds. The molecule has 0 unspecified atom stereocenters. The number of nitrogens with zero attached hydrogens (tertiary/aromatic N) is 3. The van der Waals surface area contributed by atoms with E-state index in [1.165, 1.54) is 32.1 Å². The molecule has 0 fully saturated rings.